The normalized spacial score (nSPS) is 20.5. The molecule has 1 saturated carbocycles. The van der Waals surface area contributed by atoms with E-state index in [1.165, 1.54) is 35.5 Å². The highest BCUT2D eigenvalue weighted by Gasteiger charge is 2.34. The van der Waals surface area contributed by atoms with Crippen LogP contribution in [0.25, 0.3) is 0 Å². The van der Waals surface area contributed by atoms with Gasteiger partial charge in [0.1, 0.15) is 0 Å². The van der Waals surface area contributed by atoms with Crippen LogP contribution in [0.5, 0.6) is 0 Å². The molecule has 0 aliphatic heterocycles. The van der Waals surface area contributed by atoms with E-state index in [2.05, 4.69) is 0 Å². The third-order valence-electron chi connectivity index (χ3n) is 2.59. The molecule has 14 heavy (non-hydrogen) atoms. The maximum Gasteiger partial charge on any atom is 0.326 e. The number of halogens is 2. The summed E-state index contributed by atoms with van der Waals surface area (Å²) in [6.45, 7) is 0. The fourth-order valence-corrected chi connectivity index (χ4v) is 3.46. The first kappa shape index (κ1) is 12.5. The van der Waals surface area contributed by atoms with Gasteiger partial charge in [-0.2, -0.15) is 0 Å². The monoisotopic (exact) mass is 255 g/mol. The van der Waals surface area contributed by atoms with Gasteiger partial charge in [-0.15, -0.1) is 11.6 Å². The predicted molar refractivity (Wildman–Crippen MR) is 63.1 cm³/mol. The molecule has 0 spiro atoms. The smallest absolute Gasteiger partial charge is 0.275 e. The van der Waals surface area contributed by atoms with Gasteiger partial charge in [0.15, 0.2) is 0 Å². The average Bonchev–Trinajstić information content (AvgIpc) is 2.19. The first-order valence-electron chi connectivity index (χ1n) is 4.78. The Labute approximate surface area is 99.4 Å². The Kier molecular flexibility index (Phi) is 4.88. The lowest BCUT2D eigenvalue weighted by molar-refractivity contribution is 0.250. The number of rotatable bonds is 3. The lowest BCUT2D eigenvalue weighted by atomic mass is 9.90. The molecule has 0 heterocycles. The predicted octanol–water partition coefficient (Wildman–Crippen LogP) is 3.87. The minimum Gasteiger partial charge on any atom is -0.275 e. The average molecular weight is 256 g/mol. The van der Waals surface area contributed by atoms with Gasteiger partial charge in [-0.1, -0.05) is 19.3 Å². The molecule has 0 aromatic heterocycles. The van der Waals surface area contributed by atoms with Crippen LogP contribution in [-0.4, -0.2) is 27.3 Å². The SMILES string of the molecule is CN(SC1(CCl)CCCCC1)C(=O)Cl. The van der Waals surface area contributed by atoms with Gasteiger partial charge in [-0.25, -0.2) is 0 Å². The highest BCUT2D eigenvalue weighted by Crippen LogP contribution is 2.42. The van der Waals surface area contributed by atoms with Gasteiger partial charge in [0.25, 0.3) is 0 Å². The van der Waals surface area contributed by atoms with Crippen molar-refractivity contribution in [3.8, 4) is 0 Å². The lowest BCUT2D eigenvalue weighted by Gasteiger charge is -2.36. The van der Waals surface area contributed by atoms with Crippen molar-refractivity contribution < 1.29 is 4.79 Å². The highest BCUT2D eigenvalue weighted by molar-refractivity contribution is 7.99. The summed E-state index contributed by atoms with van der Waals surface area (Å²) in [5.41, 5.74) is 0. The van der Waals surface area contributed by atoms with Crippen LogP contribution in [0.4, 0.5) is 4.79 Å². The zero-order valence-corrected chi connectivity index (χ0v) is 10.6. The van der Waals surface area contributed by atoms with Gasteiger partial charge in [0.05, 0.1) is 0 Å². The molecule has 0 aromatic rings. The molecule has 0 saturated heterocycles. The maximum atomic E-state index is 10.9. The van der Waals surface area contributed by atoms with Gasteiger partial charge >= 0.3 is 5.37 Å². The second kappa shape index (κ2) is 5.47. The first-order valence-corrected chi connectivity index (χ1v) is 6.46. The molecule has 0 atom stereocenters. The molecule has 1 rings (SSSR count). The van der Waals surface area contributed by atoms with E-state index in [0.717, 1.165) is 12.8 Å². The minimum absolute atomic E-state index is 0.0269. The number of carbonyl (C=O) groups is 1. The molecule has 1 aliphatic carbocycles. The summed E-state index contributed by atoms with van der Waals surface area (Å²) in [5, 5.41) is -0.426. The van der Waals surface area contributed by atoms with E-state index in [4.69, 9.17) is 23.2 Å². The van der Waals surface area contributed by atoms with Gasteiger partial charge in [-0.05, 0) is 36.4 Å². The largest absolute Gasteiger partial charge is 0.326 e. The number of nitrogens with zero attached hydrogens (tertiary/aromatic N) is 1. The van der Waals surface area contributed by atoms with Crippen LogP contribution in [0, 0.1) is 0 Å². The summed E-state index contributed by atoms with van der Waals surface area (Å²) in [6.07, 6.45) is 5.83. The van der Waals surface area contributed by atoms with Crippen LogP contribution in [0.1, 0.15) is 32.1 Å². The van der Waals surface area contributed by atoms with Gasteiger partial charge in [0.2, 0.25) is 0 Å². The van der Waals surface area contributed by atoms with Crippen molar-refractivity contribution >= 4 is 40.5 Å². The molecule has 0 N–H and O–H groups in total. The number of hydrogen-bond acceptors (Lipinski definition) is 2. The van der Waals surface area contributed by atoms with E-state index in [1.54, 1.807) is 7.05 Å². The molecule has 0 bridgehead atoms. The molecule has 5 heteroatoms. The number of amides is 1. The Morgan fingerprint density at radius 1 is 1.43 bits per heavy atom. The van der Waals surface area contributed by atoms with Crippen LogP contribution in [0.15, 0.2) is 0 Å². The van der Waals surface area contributed by atoms with Gasteiger partial charge in [0, 0.05) is 17.7 Å². The van der Waals surface area contributed by atoms with Crippen molar-refractivity contribution in [1.82, 2.24) is 4.31 Å². The Morgan fingerprint density at radius 3 is 2.43 bits per heavy atom. The van der Waals surface area contributed by atoms with E-state index < -0.39 is 5.37 Å². The van der Waals surface area contributed by atoms with Crippen LogP contribution in [0.3, 0.4) is 0 Å². The Morgan fingerprint density at radius 2 is 2.00 bits per heavy atom. The van der Waals surface area contributed by atoms with Crippen LogP contribution in [-0.2, 0) is 0 Å². The third kappa shape index (κ3) is 3.21. The van der Waals surface area contributed by atoms with Crippen molar-refractivity contribution in [3.63, 3.8) is 0 Å². The summed E-state index contributed by atoms with van der Waals surface area (Å²) in [4.78, 5) is 10.9. The zero-order chi connectivity index (χ0) is 10.6. The van der Waals surface area contributed by atoms with Crippen LogP contribution in [0.2, 0.25) is 0 Å². The number of carbonyl (C=O) groups excluding carboxylic acids is 1. The maximum absolute atomic E-state index is 10.9. The lowest BCUT2D eigenvalue weighted by Crippen LogP contribution is -2.34. The summed E-state index contributed by atoms with van der Waals surface area (Å²) < 4.78 is 1.51. The standard InChI is InChI=1S/C9H15Cl2NOS/c1-12(8(11)13)14-9(7-10)5-3-2-4-6-9/h2-7H2,1H3. The van der Waals surface area contributed by atoms with Crippen molar-refractivity contribution in [1.29, 1.82) is 0 Å². The zero-order valence-electron chi connectivity index (χ0n) is 8.26. The molecule has 0 aromatic carbocycles. The topological polar surface area (TPSA) is 20.3 Å². The van der Waals surface area contributed by atoms with Crippen LogP contribution >= 0.6 is 35.1 Å². The molecule has 1 amide bonds. The fraction of sp³-hybridized carbons (Fsp3) is 0.889. The van der Waals surface area contributed by atoms with Crippen molar-refractivity contribution in [2.24, 2.45) is 0 Å². The number of alkyl halides is 1. The summed E-state index contributed by atoms with van der Waals surface area (Å²) in [5.74, 6) is 0.589. The quantitative estimate of drug-likeness (QED) is 0.330. The fourth-order valence-electron chi connectivity index (χ4n) is 1.77. The van der Waals surface area contributed by atoms with Gasteiger partial charge < -0.3 is 0 Å². The Bertz CT molecular complexity index is 207. The Balaban J connectivity index is 2.55. The molecule has 1 fully saturated rings. The second-order valence-corrected chi connectivity index (χ2v) is 5.91. The molecule has 0 radical (unpaired) electrons. The van der Waals surface area contributed by atoms with E-state index in [1.807, 2.05) is 0 Å². The molecule has 82 valence electrons. The summed E-state index contributed by atoms with van der Waals surface area (Å²) in [7, 11) is 1.70. The summed E-state index contributed by atoms with van der Waals surface area (Å²) >= 11 is 12.9. The number of hydrogen-bond donors (Lipinski definition) is 0. The van der Waals surface area contributed by atoms with Crippen molar-refractivity contribution in [2.75, 3.05) is 12.9 Å². The highest BCUT2D eigenvalue weighted by atomic mass is 35.5. The van der Waals surface area contributed by atoms with E-state index >= 15 is 0 Å². The Hall–Kier alpha value is 0.400. The third-order valence-corrected chi connectivity index (χ3v) is 4.99. The van der Waals surface area contributed by atoms with Gasteiger partial charge in [-0.3, -0.25) is 9.10 Å². The van der Waals surface area contributed by atoms with Crippen molar-refractivity contribution in [2.45, 2.75) is 36.9 Å². The molecular weight excluding hydrogens is 241 g/mol. The van der Waals surface area contributed by atoms with Crippen LogP contribution < -0.4 is 0 Å². The summed E-state index contributed by atoms with van der Waals surface area (Å²) in [6, 6.07) is 0. The molecule has 1 aliphatic rings. The molecule has 0 unspecified atom stereocenters. The second-order valence-electron chi connectivity index (χ2n) is 3.72. The molecular formula is C9H15Cl2NOS. The molecule has 2 nitrogen and oxygen atoms in total. The minimum atomic E-state index is -0.426. The van der Waals surface area contributed by atoms with E-state index in [9.17, 15) is 4.79 Å². The first-order chi connectivity index (χ1) is 6.59. The van der Waals surface area contributed by atoms with E-state index in [-0.39, 0.29) is 4.75 Å². The van der Waals surface area contributed by atoms with E-state index in [0.29, 0.717) is 5.88 Å². The van der Waals surface area contributed by atoms with Crippen molar-refractivity contribution in [3.05, 3.63) is 0 Å².